The van der Waals surface area contributed by atoms with Crippen LogP contribution in [0.3, 0.4) is 0 Å². The van der Waals surface area contributed by atoms with Crippen molar-refractivity contribution in [3.8, 4) is 5.88 Å². The minimum Gasteiger partial charge on any atom is -0.480 e. The van der Waals surface area contributed by atoms with Crippen LogP contribution in [0, 0.1) is 0 Å². The summed E-state index contributed by atoms with van der Waals surface area (Å²) in [5.74, 6) is 1.33. The highest BCUT2D eigenvalue weighted by atomic mass is 79.9. The maximum atomic E-state index is 5.16. The van der Waals surface area contributed by atoms with Gasteiger partial charge in [-0.1, -0.05) is 0 Å². The van der Waals surface area contributed by atoms with Gasteiger partial charge in [-0.15, -0.1) is 0 Å². The molecule has 0 saturated carbocycles. The number of methoxy groups -OCH3 is 1. The molecule has 1 saturated heterocycles. The molecule has 2 rings (SSSR count). The summed E-state index contributed by atoms with van der Waals surface area (Å²) in [7, 11) is 3.74. The molecule has 6 heteroatoms. The first kappa shape index (κ1) is 11.6. The number of hydrogen-bond donors (Lipinski definition) is 0. The second kappa shape index (κ2) is 4.97. The Labute approximate surface area is 104 Å². The molecule has 1 aliphatic heterocycles. The van der Waals surface area contributed by atoms with Gasteiger partial charge in [0.1, 0.15) is 0 Å². The van der Waals surface area contributed by atoms with Gasteiger partial charge in [0, 0.05) is 26.2 Å². The molecule has 0 radical (unpaired) electrons. The average molecular weight is 287 g/mol. The molecule has 1 fully saturated rings. The van der Waals surface area contributed by atoms with Crippen molar-refractivity contribution in [3.05, 3.63) is 10.7 Å². The second-order valence-electron chi connectivity index (χ2n) is 3.82. The van der Waals surface area contributed by atoms with Gasteiger partial charge >= 0.3 is 0 Å². The minimum absolute atomic E-state index is 0.587. The van der Waals surface area contributed by atoms with E-state index in [0.717, 1.165) is 36.6 Å². The Morgan fingerprint density at radius 2 is 2.00 bits per heavy atom. The van der Waals surface area contributed by atoms with Crippen LogP contribution in [-0.2, 0) is 0 Å². The van der Waals surface area contributed by atoms with E-state index in [1.807, 2.05) is 0 Å². The molecule has 1 aromatic heterocycles. The van der Waals surface area contributed by atoms with Gasteiger partial charge in [-0.25, -0.2) is 4.98 Å². The zero-order chi connectivity index (χ0) is 11.5. The molecule has 1 aromatic rings. The molecule has 16 heavy (non-hydrogen) atoms. The summed E-state index contributed by atoms with van der Waals surface area (Å²) in [6.45, 7) is 4.01. The lowest BCUT2D eigenvalue weighted by atomic mass is 10.3. The van der Waals surface area contributed by atoms with Gasteiger partial charge in [-0.2, -0.15) is 4.98 Å². The van der Waals surface area contributed by atoms with Crippen LogP contribution in [0.25, 0.3) is 0 Å². The molecule has 0 unspecified atom stereocenters. The number of aromatic nitrogens is 2. The van der Waals surface area contributed by atoms with Gasteiger partial charge in [-0.05, 0) is 23.0 Å². The van der Waals surface area contributed by atoms with Crippen molar-refractivity contribution in [1.29, 1.82) is 0 Å². The van der Waals surface area contributed by atoms with Crippen LogP contribution in [0.1, 0.15) is 0 Å². The zero-order valence-corrected chi connectivity index (χ0v) is 11.1. The normalized spacial score (nSPS) is 17.6. The number of anilines is 1. The molecule has 1 aliphatic rings. The minimum atomic E-state index is 0.587. The molecular formula is C10H15BrN4O. The third kappa shape index (κ3) is 2.44. The van der Waals surface area contributed by atoms with E-state index in [1.165, 1.54) is 0 Å². The summed E-state index contributed by atoms with van der Waals surface area (Å²) >= 11 is 3.35. The summed E-state index contributed by atoms with van der Waals surface area (Å²) in [5, 5.41) is 0. The topological polar surface area (TPSA) is 41.5 Å². The maximum absolute atomic E-state index is 5.16. The lowest BCUT2D eigenvalue weighted by Gasteiger charge is -2.32. The highest BCUT2D eigenvalue weighted by Crippen LogP contribution is 2.23. The quantitative estimate of drug-likeness (QED) is 0.811. The highest BCUT2D eigenvalue weighted by Gasteiger charge is 2.17. The van der Waals surface area contributed by atoms with Crippen LogP contribution < -0.4 is 9.64 Å². The Bertz CT molecular complexity index is 366. The van der Waals surface area contributed by atoms with Crippen molar-refractivity contribution in [2.75, 3.05) is 45.2 Å². The monoisotopic (exact) mass is 286 g/mol. The first-order valence-corrected chi connectivity index (χ1v) is 6.00. The lowest BCUT2D eigenvalue weighted by molar-refractivity contribution is 0.310. The largest absolute Gasteiger partial charge is 0.480 e. The van der Waals surface area contributed by atoms with Gasteiger partial charge in [-0.3, -0.25) is 0 Å². The summed E-state index contributed by atoms with van der Waals surface area (Å²) in [6.07, 6.45) is 1.74. The Hall–Kier alpha value is -0.880. The van der Waals surface area contributed by atoms with E-state index >= 15 is 0 Å². The van der Waals surface area contributed by atoms with Crippen molar-refractivity contribution < 1.29 is 4.74 Å². The molecule has 0 aliphatic carbocycles. The molecule has 0 N–H and O–H groups in total. The van der Waals surface area contributed by atoms with E-state index < -0.39 is 0 Å². The molecule has 0 spiro atoms. The standard InChI is InChI=1S/C10H15BrN4O/c1-14-3-5-15(6-4-14)10-12-7-8(11)9(13-10)16-2/h7H,3-6H2,1-2H3. The van der Waals surface area contributed by atoms with Crippen LogP contribution in [0.2, 0.25) is 0 Å². The number of rotatable bonds is 2. The van der Waals surface area contributed by atoms with E-state index in [9.17, 15) is 0 Å². The molecule has 0 bridgehead atoms. The van der Waals surface area contributed by atoms with Crippen LogP contribution in [-0.4, -0.2) is 55.2 Å². The molecule has 88 valence electrons. The van der Waals surface area contributed by atoms with Crippen LogP contribution in [0.15, 0.2) is 10.7 Å². The van der Waals surface area contributed by atoms with E-state index in [2.05, 4.69) is 42.7 Å². The Morgan fingerprint density at radius 3 is 2.62 bits per heavy atom. The molecule has 5 nitrogen and oxygen atoms in total. The van der Waals surface area contributed by atoms with Crippen LogP contribution in [0.5, 0.6) is 5.88 Å². The molecule has 0 amide bonds. The van der Waals surface area contributed by atoms with Gasteiger partial charge in [0.05, 0.1) is 17.8 Å². The lowest BCUT2D eigenvalue weighted by Crippen LogP contribution is -2.45. The van der Waals surface area contributed by atoms with Gasteiger partial charge in [0.2, 0.25) is 11.8 Å². The van der Waals surface area contributed by atoms with Gasteiger partial charge < -0.3 is 14.5 Å². The Balaban J connectivity index is 2.14. The van der Waals surface area contributed by atoms with Crippen molar-refractivity contribution >= 4 is 21.9 Å². The second-order valence-corrected chi connectivity index (χ2v) is 4.67. The first-order chi connectivity index (χ1) is 7.70. The van der Waals surface area contributed by atoms with Crippen molar-refractivity contribution in [3.63, 3.8) is 0 Å². The van der Waals surface area contributed by atoms with E-state index in [1.54, 1.807) is 13.3 Å². The van der Waals surface area contributed by atoms with Crippen LogP contribution in [0.4, 0.5) is 5.95 Å². The van der Waals surface area contributed by atoms with Crippen LogP contribution >= 0.6 is 15.9 Å². The molecule has 0 atom stereocenters. The fourth-order valence-electron chi connectivity index (χ4n) is 1.64. The number of hydrogen-bond acceptors (Lipinski definition) is 5. The third-order valence-corrected chi connectivity index (χ3v) is 3.22. The van der Waals surface area contributed by atoms with Gasteiger partial charge in [0.15, 0.2) is 0 Å². The fourth-order valence-corrected chi connectivity index (χ4v) is 2.00. The predicted octanol–water partition coefficient (Wildman–Crippen LogP) is 0.999. The summed E-state index contributed by atoms with van der Waals surface area (Å²) in [6, 6.07) is 0. The number of piperazine rings is 1. The first-order valence-electron chi connectivity index (χ1n) is 5.20. The number of nitrogens with zero attached hydrogens (tertiary/aromatic N) is 4. The van der Waals surface area contributed by atoms with E-state index in [-0.39, 0.29) is 0 Å². The average Bonchev–Trinajstić information content (AvgIpc) is 2.31. The fraction of sp³-hybridized carbons (Fsp3) is 0.600. The Kier molecular flexibility index (Phi) is 3.60. The number of ether oxygens (including phenoxy) is 1. The predicted molar refractivity (Wildman–Crippen MR) is 66.0 cm³/mol. The Morgan fingerprint density at radius 1 is 1.31 bits per heavy atom. The smallest absolute Gasteiger partial charge is 0.232 e. The molecule has 2 heterocycles. The summed E-state index contributed by atoms with van der Waals surface area (Å²) < 4.78 is 5.95. The van der Waals surface area contributed by atoms with Gasteiger partial charge in [0.25, 0.3) is 0 Å². The SMILES string of the molecule is COc1nc(N2CCN(C)CC2)ncc1Br. The number of likely N-dealkylation sites (N-methyl/N-ethyl adjacent to an activating group) is 1. The van der Waals surface area contributed by atoms with E-state index in [0.29, 0.717) is 5.88 Å². The highest BCUT2D eigenvalue weighted by molar-refractivity contribution is 9.10. The maximum Gasteiger partial charge on any atom is 0.232 e. The van der Waals surface area contributed by atoms with Crippen molar-refractivity contribution in [2.45, 2.75) is 0 Å². The third-order valence-electron chi connectivity index (χ3n) is 2.68. The summed E-state index contributed by atoms with van der Waals surface area (Å²) in [5.41, 5.74) is 0. The van der Waals surface area contributed by atoms with E-state index in [4.69, 9.17) is 4.74 Å². The molecule has 0 aromatic carbocycles. The molecular weight excluding hydrogens is 272 g/mol. The van der Waals surface area contributed by atoms with Crippen molar-refractivity contribution in [2.24, 2.45) is 0 Å². The number of halogens is 1. The summed E-state index contributed by atoms with van der Waals surface area (Å²) in [4.78, 5) is 13.1. The van der Waals surface area contributed by atoms with Crippen molar-refractivity contribution in [1.82, 2.24) is 14.9 Å². The zero-order valence-electron chi connectivity index (χ0n) is 9.48.